The molecule has 2 nitrogen and oxygen atoms in total. The van der Waals surface area contributed by atoms with E-state index in [2.05, 4.69) is 34.1 Å². The third-order valence-corrected chi connectivity index (χ3v) is 3.05. The fourth-order valence-corrected chi connectivity index (χ4v) is 2.21. The molecule has 0 saturated heterocycles. The summed E-state index contributed by atoms with van der Waals surface area (Å²) in [7, 11) is 3.37. The van der Waals surface area contributed by atoms with Crippen LogP contribution in [0.2, 0.25) is 0 Å². The van der Waals surface area contributed by atoms with Gasteiger partial charge in [0, 0.05) is 17.1 Å². The maximum Gasteiger partial charge on any atom is 0.125 e. The molecule has 0 fully saturated rings. The minimum absolute atomic E-state index is 0.558. The van der Waals surface area contributed by atoms with Crippen LogP contribution in [0.25, 0.3) is 10.8 Å². The molecule has 0 aliphatic rings. The minimum Gasteiger partial charge on any atom is -0.496 e. The molecule has 0 N–H and O–H groups in total. The Bertz CT molecular complexity index is 509. The van der Waals surface area contributed by atoms with Gasteiger partial charge in [-0.1, -0.05) is 28.1 Å². The second kappa shape index (κ2) is 4.85. The van der Waals surface area contributed by atoms with Gasteiger partial charge in [-0.2, -0.15) is 0 Å². The van der Waals surface area contributed by atoms with Crippen LogP contribution < -0.4 is 4.74 Å². The Morgan fingerprint density at radius 1 is 1.12 bits per heavy atom. The predicted molar refractivity (Wildman–Crippen MR) is 68.9 cm³/mol. The van der Waals surface area contributed by atoms with Crippen molar-refractivity contribution in [2.45, 2.75) is 6.61 Å². The fraction of sp³-hybridized carbons (Fsp3) is 0.231. The molecular weight excluding hydrogens is 268 g/mol. The SMILES string of the molecule is COCc1c(OC)ccc2cc(Br)ccc12. The van der Waals surface area contributed by atoms with Crippen LogP contribution in [0.15, 0.2) is 34.8 Å². The first-order chi connectivity index (χ1) is 7.76. The maximum absolute atomic E-state index is 5.34. The van der Waals surface area contributed by atoms with E-state index < -0.39 is 0 Å². The summed E-state index contributed by atoms with van der Waals surface area (Å²) in [6.07, 6.45) is 0. The number of rotatable bonds is 3. The first-order valence-corrected chi connectivity index (χ1v) is 5.79. The highest BCUT2D eigenvalue weighted by atomic mass is 79.9. The molecule has 84 valence electrons. The summed E-state index contributed by atoms with van der Waals surface area (Å²) >= 11 is 3.47. The van der Waals surface area contributed by atoms with Gasteiger partial charge in [-0.3, -0.25) is 0 Å². The molecule has 0 unspecified atom stereocenters. The lowest BCUT2D eigenvalue weighted by Gasteiger charge is -2.11. The van der Waals surface area contributed by atoms with Crippen LogP contribution in [-0.2, 0) is 11.3 Å². The van der Waals surface area contributed by atoms with Crippen molar-refractivity contribution >= 4 is 26.7 Å². The monoisotopic (exact) mass is 280 g/mol. The normalized spacial score (nSPS) is 10.7. The van der Waals surface area contributed by atoms with Crippen molar-refractivity contribution in [2.24, 2.45) is 0 Å². The number of hydrogen-bond donors (Lipinski definition) is 0. The summed E-state index contributed by atoms with van der Waals surface area (Å²) in [6, 6.07) is 10.2. The highest BCUT2D eigenvalue weighted by molar-refractivity contribution is 9.10. The van der Waals surface area contributed by atoms with E-state index in [1.165, 1.54) is 10.8 Å². The number of benzene rings is 2. The highest BCUT2D eigenvalue weighted by Crippen LogP contribution is 2.30. The molecule has 0 amide bonds. The number of hydrogen-bond acceptors (Lipinski definition) is 2. The van der Waals surface area contributed by atoms with Crippen molar-refractivity contribution in [3.8, 4) is 5.75 Å². The van der Waals surface area contributed by atoms with Crippen LogP contribution in [0.4, 0.5) is 0 Å². The van der Waals surface area contributed by atoms with Crippen molar-refractivity contribution in [2.75, 3.05) is 14.2 Å². The second-order valence-electron chi connectivity index (χ2n) is 3.54. The first-order valence-electron chi connectivity index (χ1n) is 5.00. The van der Waals surface area contributed by atoms with Crippen molar-refractivity contribution in [3.05, 3.63) is 40.4 Å². The standard InChI is InChI=1S/C13H13BrO2/c1-15-8-12-11-5-4-10(14)7-9(11)3-6-13(12)16-2/h3-7H,8H2,1-2H3. The smallest absolute Gasteiger partial charge is 0.125 e. The van der Waals surface area contributed by atoms with E-state index in [4.69, 9.17) is 9.47 Å². The molecule has 0 atom stereocenters. The largest absolute Gasteiger partial charge is 0.496 e. The average Bonchev–Trinajstić information content (AvgIpc) is 2.29. The van der Waals surface area contributed by atoms with Crippen LogP contribution in [0.5, 0.6) is 5.75 Å². The Hall–Kier alpha value is -1.06. The van der Waals surface area contributed by atoms with Gasteiger partial charge in [0.25, 0.3) is 0 Å². The second-order valence-corrected chi connectivity index (χ2v) is 4.46. The summed E-state index contributed by atoms with van der Waals surface area (Å²) in [5.41, 5.74) is 1.09. The van der Waals surface area contributed by atoms with Crippen LogP contribution in [0.3, 0.4) is 0 Å². The van der Waals surface area contributed by atoms with Gasteiger partial charge in [0.15, 0.2) is 0 Å². The Balaban J connectivity index is 2.68. The van der Waals surface area contributed by atoms with Crippen molar-refractivity contribution < 1.29 is 9.47 Å². The lowest BCUT2D eigenvalue weighted by molar-refractivity contribution is 0.183. The molecule has 0 heterocycles. The number of fused-ring (bicyclic) bond motifs is 1. The number of halogens is 1. The predicted octanol–water partition coefficient (Wildman–Crippen LogP) is 3.76. The lowest BCUT2D eigenvalue weighted by Crippen LogP contribution is -1.95. The topological polar surface area (TPSA) is 18.5 Å². The lowest BCUT2D eigenvalue weighted by atomic mass is 10.0. The van der Waals surface area contributed by atoms with Gasteiger partial charge in [-0.15, -0.1) is 0 Å². The van der Waals surface area contributed by atoms with Gasteiger partial charge >= 0.3 is 0 Å². The highest BCUT2D eigenvalue weighted by Gasteiger charge is 2.07. The molecule has 2 aromatic carbocycles. The van der Waals surface area contributed by atoms with Gasteiger partial charge < -0.3 is 9.47 Å². The average molecular weight is 281 g/mol. The van der Waals surface area contributed by atoms with Crippen LogP contribution in [-0.4, -0.2) is 14.2 Å². The summed E-state index contributed by atoms with van der Waals surface area (Å²) in [6.45, 7) is 0.558. The quantitative estimate of drug-likeness (QED) is 0.852. The van der Waals surface area contributed by atoms with Gasteiger partial charge in [-0.05, 0) is 29.0 Å². The number of ether oxygens (including phenoxy) is 2. The van der Waals surface area contributed by atoms with E-state index in [0.717, 1.165) is 15.8 Å². The summed E-state index contributed by atoms with van der Waals surface area (Å²) in [5, 5.41) is 2.35. The third-order valence-electron chi connectivity index (χ3n) is 2.56. The Morgan fingerprint density at radius 3 is 2.62 bits per heavy atom. The Labute approximate surface area is 103 Å². The number of methoxy groups -OCH3 is 2. The minimum atomic E-state index is 0.558. The van der Waals surface area contributed by atoms with E-state index in [-0.39, 0.29) is 0 Å². The van der Waals surface area contributed by atoms with E-state index in [0.29, 0.717) is 6.61 Å². The van der Waals surface area contributed by atoms with Crippen LogP contribution in [0.1, 0.15) is 5.56 Å². The Morgan fingerprint density at radius 2 is 1.94 bits per heavy atom. The fourth-order valence-electron chi connectivity index (χ4n) is 1.83. The van der Waals surface area contributed by atoms with Crippen LogP contribution >= 0.6 is 15.9 Å². The van der Waals surface area contributed by atoms with Gasteiger partial charge in [0.2, 0.25) is 0 Å². The zero-order chi connectivity index (χ0) is 11.5. The molecule has 2 aromatic rings. The zero-order valence-corrected chi connectivity index (χ0v) is 10.9. The molecule has 3 heteroatoms. The van der Waals surface area contributed by atoms with Crippen molar-refractivity contribution in [1.82, 2.24) is 0 Å². The van der Waals surface area contributed by atoms with E-state index in [1.807, 2.05) is 12.1 Å². The molecule has 0 aliphatic heterocycles. The zero-order valence-electron chi connectivity index (χ0n) is 9.29. The molecule has 0 bridgehead atoms. The van der Waals surface area contributed by atoms with Gasteiger partial charge in [0.05, 0.1) is 13.7 Å². The molecule has 0 aromatic heterocycles. The van der Waals surface area contributed by atoms with E-state index in [1.54, 1.807) is 14.2 Å². The molecule has 16 heavy (non-hydrogen) atoms. The van der Waals surface area contributed by atoms with Gasteiger partial charge in [0.1, 0.15) is 5.75 Å². The van der Waals surface area contributed by atoms with E-state index in [9.17, 15) is 0 Å². The molecule has 0 saturated carbocycles. The van der Waals surface area contributed by atoms with Crippen LogP contribution in [0, 0.1) is 0 Å². The molecular formula is C13H13BrO2. The molecule has 0 spiro atoms. The molecule has 2 rings (SSSR count). The van der Waals surface area contributed by atoms with Crippen molar-refractivity contribution in [1.29, 1.82) is 0 Å². The maximum atomic E-state index is 5.34. The van der Waals surface area contributed by atoms with Crippen molar-refractivity contribution in [3.63, 3.8) is 0 Å². The summed E-state index contributed by atoms with van der Waals surface area (Å²) in [5.74, 6) is 0.872. The summed E-state index contributed by atoms with van der Waals surface area (Å²) < 4.78 is 11.6. The molecule has 0 radical (unpaired) electrons. The van der Waals surface area contributed by atoms with Gasteiger partial charge in [-0.25, -0.2) is 0 Å². The summed E-state index contributed by atoms with van der Waals surface area (Å²) in [4.78, 5) is 0. The van der Waals surface area contributed by atoms with E-state index >= 15 is 0 Å². The Kier molecular flexibility index (Phi) is 3.46. The first kappa shape index (κ1) is 11.4. The molecule has 0 aliphatic carbocycles. The third kappa shape index (κ3) is 2.06.